The highest BCUT2D eigenvalue weighted by Crippen LogP contribution is 2.44. The number of nitrogens with zero attached hydrogens (tertiary/aromatic N) is 4. The Balaban J connectivity index is 1.47. The van der Waals surface area contributed by atoms with Gasteiger partial charge in [0.2, 0.25) is 5.91 Å². The van der Waals surface area contributed by atoms with Crippen LogP contribution in [-0.2, 0) is 4.79 Å². The van der Waals surface area contributed by atoms with Gasteiger partial charge in [0.05, 0.1) is 40.4 Å². The van der Waals surface area contributed by atoms with Crippen LogP contribution in [-0.4, -0.2) is 32.7 Å². The summed E-state index contributed by atoms with van der Waals surface area (Å²) < 4.78 is 8.91. The van der Waals surface area contributed by atoms with E-state index < -0.39 is 0 Å². The number of benzene rings is 2. The first-order chi connectivity index (χ1) is 19.1. The van der Waals surface area contributed by atoms with Crippen molar-refractivity contribution in [3.05, 3.63) is 96.6 Å². The third-order valence-corrected chi connectivity index (χ3v) is 8.08. The van der Waals surface area contributed by atoms with Gasteiger partial charge in [-0.25, -0.2) is 4.98 Å². The molecule has 2 atom stereocenters. The summed E-state index contributed by atoms with van der Waals surface area (Å²) in [6, 6.07) is 23.4. The highest BCUT2D eigenvalue weighted by Gasteiger charge is 2.42. The molecule has 0 spiro atoms. The number of carbonyl (C=O) groups is 1. The van der Waals surface area contributed by atoms with E-state index in [1.54, 1.807) is 24.6 Å². The summed E-state index contributed by atoms with van der Waals surface area (Å²) in [4.78, 5) is 23.7. The summed E-state index contributed by atoms with van der Waals surface area (Å²) >= 11 is 7.56. The number of hydrogen-bond acceptors (Lipinski definition) is 6. The molecule has 10 heteroatoms. The minimum atomic E-state index is -0.241. The normalized spacial score (nSPS) is 16.9. The lowest BCUT2D eigenvalue weighted by Gasteiger charge is -2.29. The van der Waals surface area contributed by atoms with Gasteiger partial charge in [-0.15, -0.1) is 0 Å². The molecule has 1 aliphatic heterocycles. The average Bonchev–Trinajstić information content (AvgIpc) is 3.70. The van der Waals surface area contributed by atoms with Crippen LogP contribution in [0.3, 0.4) is 0 Å². The summed E-state index contributed by atoms with van der Waals surface area (Å²) in [5, 5.41) is 7.86. The third kappa shape index (κ3) is 4.62. The first kappa shape index (κ1) is 25.0. The summed E-state index contributed by atoms with van der Waals surface area (Å²) in [6.45, 7) is 1.81. The van der Waals surface area contributed by atoms with Gasteiger partial charge in [-0.05, 0) is 60.7 Å². The van der Waals surface area contributed by atoms with E-state index in [0.29, 0.717) is 23.0 Å². The number of aromatic nitrogens is 3. The van der Waals surface area contributed by atoms with E-state index in [1.165, 1.54) is 0 Å². The van der Waals surface area contributed by atoms with Gasteiger partial charge in [-0.2, -0.15) is 0 Å². The highest BCUT2D eigenvalue weighted by molar-refractivity contribution is 7.80. The van der Waals surface area contributed by atoms with Crippen LogP contribution in [0.15, 0.2) is 85.2 Å². The second kappa shape index (κ2) is 10.5. The molecule has 3 aromatic heterocycles. The molecule has 1 amide bonds. The third-order valence-electron chi connectivity index (χ3n) is 6.73. The fraction of sp³-hybridized carbons (Fsp3) is 0.172. The van der Waals surface area contributed by atoms with E-state index >= 15 is 0 Å². The number of ether oxygens (including phenoxy) is 1. The van der Waals surface area contributed by atoms with Crippen molar-refractivity contribution in [2.45, 2.75) is 25.4 Å². The molecule has 8 nitrogen and oxygen atoms in total. The van der Waals surface area contributed by atoms with Crippen LogP contribution < -0.4 is 20.3 Å². The van der Waals surface area contributed by atoms with Crippen molar-refractivity contribution in [1.82, 2.24) is 19.9 Å². The van der Waals surface area contributed by atoms with Crippen molar-refractivity contribution >= 4 is 56.2 Å². The van der Waals surface area contributed by atoms with Gasteiger partial charge >= 0.3 is 0 Å². The molecule has 1 aliphatic rings. The number of hydrogen-bond donors (Lipinski definition) is 2. The van der Waals surface area contributed by atoms with Crippen molar-refractivity contribution in [3.63, 3.8) is 0 Å². The second-order valence-electron chi connectivity index (χ2n) is 9.05. The fourth-order valence-electron chi connectivity index (χ4n) is 4.88. The monoisotopic (exact) mass is 554 g/mol. The van der Waals surface area contributed by atoms with Gasteiger partial charge in [0, 0.05) is 30.6 Å². The molecule has 39 heavy (non-hydrogen) atoms. The van der Waals surface area contributed by atoms with Crippen molar-refractivity contribution in [3.8, 4) is 10.9 Å². The second-order valence-corrected chi connectivity index (χ2v) is 10.4. The Kier molecular flexibility index (Phi) is 6.72. The number of rotatable bonds is 7. The largest absolute Gasteiger partial charge is 0.494 e. The van der Waals surface area contributed by atoms with E-state index in [0.717, 1.165) is 32.4 Å². The van der Waals surface area contributed by atoms with E-state index in [4.69, 9.17) is 21.9 Å². The van der Waals surface area contributed by atoms with E-state index in [1.807, 2.05) is 73.8 Å². The molecule has 2 N–H and O–H groups in total. The molecule has 6 rings (SSSR count). The molecular formula is C29H26N6O2S2. The summed E-state index contributed by atoms with van der Waals surface area (Å²) in [5.74, 6) is 0.472. The number of thiazole rings is 1. The maximum atomic E-state index is 12.1. The zero-order valence-electron chi connectivity index (χ0n) is 21.4. The molecule has 4 heterocycles. The number of anilines is 2. The lowest BCUT2D eigenvalue weighted by molar-refractivity contribution is -0.115. The van der Waals surface area contributed by atoms with Gasteiger partial charge < -0.3 is 20.3 Å². The standard InChI is InChI=1S/C29H26N6O2S2/c1-3-25(36)31-19-14-13-18(17-23(19)37-2)35-27(26(33-28(35)38)21-10-6-7-15-30-21)22-11-8-16-34(22)29-32-20-9-4-5-12-24(20)39-29/h4-17,26-27H,3H2,1-2H3,(H,31,36)(H,33,38). The molecule has 0 bridgehead atoms. The molecule has 0 aliphatic carbocycles. The molecule has 1 saturated heterocycles. The molecular weight excluding hydrogens is 528 g/mol. The maximum absolute atomic E-state index is 12.1. The average molecular weight is 555 g/mol. The highest BCUT2D eigenvalue weighted by atomic mass is 32.1. The van der Waals surface area contributed by atoms with Crippen molar-refractivity contribution in [2.75, 3.05) is 17.3 Å². The van der Waals surface area contributed by atoms with E-state index in [2.05, 4.69) is 37.2 Å². The van der Waals surface area contributed by atoms with Crippen molar-refractivity contribution < 1.29 is 9.53 Å². The maximum Gasteiger partial charge on any atom is 0.224 e. The number of carbonyl (C=O) groups excluding carboxylic acids is 1. The number of thiocarbonyl (C=S) groups is 1. The number of para-hydroxylation sites is 1. The zero-order valence-corrected chi connectivity index (χ0v) is 23.0. The topological polar surface area (TPSA) is 84.3 Å². The SMILES string of the molecule is CCC(=O)Nc1ccc(N2C(=S)NC(c3ccccn3)C2c2cccn2-c2nc3ccccc3s2)cc1OC. The number of methoxy groups -OCH3 is 1. The quantitative estimate of drug-likeness (QED) is 0.238. The van der Waals surface area contributed by atoms with Crippen LogP contribution in [0.1, 0.15) is 36.8 Å². The van der Waals surface area contributed by atoms with Gasteiger partial charge in [-0.3, -0.25) is 14.3 Å². The number of fused-ring (bicyclic) bond motifs is 1. The van der Waals surface area contributed by atoms with E-state index in [-0.39, 0.29) is 18.0 Å². The lowest BCUT2D eigenvalue weighted by Crippen LogP contribution is -2.30. The van der Waals surface area contributed by atoms with Crippen LogP contribution in [0, 0.1) is 0 Å². The summed E-state index contributed by atoms with van der Waals surface area (Å²) in [5.41, 5.74) is 4.30. The number of nitrogens with one attached hydrogen (secondary N) is 2. The Hall–Kier alpha value is -4.28. The Morgan fingerprint density at radius 1 is 1.13 bits per heavy atom. The Morgan fingerprint density at radius 2 is 1.97 bits per heavy atom. The predicted octanol–water partition coefficient (Wildman–Crippen LogP) is 6.02. The molecule has 1 fully saturated rings. The fourth-order valence-corrected chi connectivity index (χ4v) is 6.19. The molecule has 0 saturated carbocycles. The number of amides is 1. The Bertz CT molecular complexity index is 1630. The van der Waals surface area contributed by atoms with Crippen molar-refractivity contribution in [2.24, 2.45) is 0 Å². The summed E-state index contributed by atoms with van der Waals surface area (Å²) in [6.07, 6.45) is 4.20. The van der Waals surface area contributed by atoms with Crippen LogP contribution in [0.4, 0.5) is 11.4 Å². The molecule has 196 valence electrons. The minimum absolute atomic E-state index is 0.0823. The van der Waals surface area contributed by atoms with Crippen LogP contribution in [0.5, 0.6) is 5.75 Å². The Labute approximate surface area is 235 Å². The van der Waals surface area contributed by atoms with Gasteiger partial charge in [0.1, 0.15) is 11.8 Å². The predicted molar refractivity (Wildman–Crippen MR) is 159 cm³/mol. The zero-order chi connectivity index (χ0) is 26.9. The molecule has 5 aromatic rings. The van der Waals surface area contributed by atoms with Crippen LogP contribution >= 0.6 is 23.6 Å². The smallest absolute Gasteiger partial charge is 0.224 e. The van der Waals surface area contributed by atoms with Crippen molar-refractivity contribution in [1.29, 1.82) is 0 Å². The first-order valence-electron chi connectivity index (χ1n) is 12.6. The Morgan fingerprint density at radius 3 is 2.74 bits per heavy atom. The van der Waals surface area contributed by atoms with E-state index in [9.17, 15) is 4.79 Å². The number of pyridine rings is 1. The molecule has 2 unspecified atom stereocenters. The summed E-state index contributed by atoms with van der Waals surface area (Å²) in [7, 11) is 1.59. The lowest BCUT2D eigenvalue weighted by atomic mass is 10.0. The molecule has 2 aromatic carbocycles. The molecule has 0 radical (unpaired) electrons. The van der Waals surface area contributed by atoms with Gasteiger partial charge in [-0.1, -0.05) is 36.5 Å². The van der Waals surface area contributed by atoms with Crippen LogP contribution in [0.2, 0.25) is 0 Å². The van der Waals surface area contributed by atoms with Crippen LogP contribution in [0.25, 0.3) is 15.3 Å². The van der Waals surface area contributed by atoms with Gasteiger partial charge in [0.25, 0.3) is 0 Å². The van der Waals surface area contributed by atoms with Gasteiger partial charge in [0.15, 0.2) is 10.2 Å². The minimum Gasteiger partial charge on any atom is -0.494 e. The first-order valence-corrected chi connectivity index (χ1v) is 13.8.